The molecule has 0 amide bonds. The van der Waals surface area contributed by atoms with E-state index in [1.54, 1.807) is 0 Å². The first-order valence-electron chi connectivity index (χ1n) is 10.3. The van der Waals surface area contributed by atoms with E-state index in [2.05, 4.69) is 31.2 Å². The molecule has 0 saturated carbocycles. The molecule has 1 N–H and O–H groups in total. The molecule has 0 saturated heterocycles. The van der Waals surface area contributed by atoms with Gasteiger partial charge in [0, 0.05) is 19.6 Å². The molecule has 0 aliphatic heterocycles. The van der Waals surface area contributed by atoms with Gasteiger partial charge in [0.05, 0.1) is 0 Å². The zero-order valence-electron chi connectivity index (χ0n) is 16.0. The number of hydrogen-bond donors (Lipinski definition) is 1. The van der Waals surface area contributed by atoms with Crippen molar-refractivity contribution in [2.75, 3.05) is 19.6 Å². The first-order valence-corrected chi connectivity index (χ1v) is 10.3. The summed E-state index contributed by atoms with van der Waals surface area (Å²) in [7, 11) is 0. The maximum atomic E-state index is 3.54. The predicted octanol–water partition coefficient (Wildman–Crippen LogP) is 6.31. The molecule has 0 aromatic rings. The third-order valence-electron chi connectivity index (χ3n) is 4.49. The van der Waals surface area contributed by atoms with Crippen molar-refractivity contribution >= 4 is 0 Å². The zero-order valence-corrected chi connectivity index (χ0v) is 16.0. The molecule has 0 aromatic carbocycles. The molecule has 134 valence electrons. The molecule has 0 heterocycles. The maximum Gasteiger partial charge on any atom is 0.0128 e. The average Bonchev–Trinajstić information content (AvgIpc) is 2.54. The summed E-state index contributed by atoms with van der Waals surface area (Å²) in [5, 5.41) is 2.35. The molecule has 0 aliphatic rings. The summed E-state index contributed by atoms with van der Waals surface area (Å²) >= 11 is 0. The lowest BCUT2D eigenvalue weighted by atomic mass is 10.0. The van der Waals surface area contributed by atoms with Gasteiger partial charge >= 0.3 is 0 Å². The average molecular weight is 313 g/mol. The summed E-state index contributed by atoms with van der Waals surface area (Å²) in [6.07, 6.45) is 19.9. The quantitative estimate of drug-likeness (QED) is 0.235. The SMILES string of the molecule is CCCCCCCCCCCCCCCNN(CC)CCC. The smallest absolute Gasteiger partial charge is 0.0128 e. The van der Waals surface area contributed by atoms with Crippen molar-refractivity contribution < 1.29 is 0 Å². The zero-order chi connectivity index (χ0) is 16.3. The van der Waals surface area contributed by atoms with Gasteiger partial charge in [-0.25, -0.2) is 5.01 Å². The van der Waals surface area contributed by atoms with Crippen LogP contribution in [0.5, 0.6) is 0 Å². The van der Waals surface area contributed by atoms with Crippen LogP contribution in [0.15, 0.2) is 0 Å². The highest BCUT2D eigenvalue weighted by atomic mass is 15.5. The van der Waals surface area contributed by atoms with Crippen LogP contribution in [0.3, 0.4) is 0 Å². The lowest BCUT2D eigenvalue weighted by Gasteiger charge is -2.20. The minimum atomic E-state index is 1.12. The summed E-state index contributed by atoms with van der Waals surface area (Å²) in [4.78, 5) is 0. The number of unbranched alkanes of at least 4 members (excludes halogenated alkanes) is 12. The highest BCUT2D eigenvalue weighted by Crippen LogP contribution is 2.12. The Morgan fingerprint density at radius 2 is 1.00 bits per heavy atom. The van der Waals surface area contributed by atoms with Crippen LogP contribution in [-0.2, 0) is 0 Å². The van der Waals surface area contributed by atoms with Gasteiger partial charge in [-0.3, -0.25) is 5.43 Å². The Labute approximate surface area is 141 Å². The standard InChI is InChI=1S/C20H44N2/c1-4-7-8-9-10-11-12-13-14-15-16-17-18-19-21-22(6-3)20-5-2/h21H,4-20H2,1-3H3. The van der Waals surface area contributed by atoms with Crippen molar-refractivity contribution in [1.29, 1.82) is 0 Å². The number of nitrogens with zero attached hydrogens (tertiary/aromatic N) is 1. The van der Waals surface area contributed by atoms with Crippen LogP contribution in [-0.4, -0.2) is 24.6 Å². The van der Waals surface area contributed by atoms with Crippen LogP contribution < -0.4 is 5.43 Å². The van der Waals surface area contributed by atoms with E-state index in [0.29, 0.717) is 0 Å². The Kier molecular flexibility index (Phi) is 18.9. The number of hydrogen-bond acceptors (Lipinski definition) is 2. The molecular formula is C20H44N2. The molecule has 0 spiro atoms. The van der Waals surface area contributed by atoms with Gasteiger partial charge in [0.2, 0.25) is 0 Å². The van der Waals surface area contributed by atoms with Gasteiger partial charge in [0.15, 0.2) is 0 Å². The molecule has 0 bridgehead atoms. The molecule has 0 fully saturated rings. The summed E-state index contributed by atoms with van der Waals surface area (Å²) in [5.41, 5.74) is 3.54. The molecule has 22 heavy (non-hydrogen) atoms. The first-order chi connectivity index (χ1) is 10.8. The van der Waals surface area contributed by atoms with Crippen molar-refractivity contribution in [2.45, 2.75) is 111 Å². The van der Waals surface area contributed by atoms with E-state index in [1.807, 2.05) is 0 Å². The van der Waals surface area contributed by atoms with E-state index < -0.39 is 0 Å². The Morgan fingerprint density at radius 3 is 1.41 bits per heavy atom. The van der Waals surface area contributed by atoms with Crippen LogP contribution in [0.2, 0.25) is 0 Å². The Morgan fingerprint density at radius 1 is 0.545 bits per heavy atom. The number of rotatable bonds is 18. The Hall–Kier alpha value is -0.0800. The number of nitrogens with one attached hydrogen (secondary N) is 1. The van der Waals surface area contributed by atoms with Gasteiger partial charge < -0.3 is 0 Å². The molecule has 0 rings (SSSR count). The van der Waals surface area contributed by atoms with Crippen LogP contribution in [0.4, 0.5) is 0 Å². The fourth-order valence-corrected chi connectivity index (χ4v) is 3.00. The molecule has 0 radical (unpaired) electrons. The van der Waals surface area contributed by atoms with Gasteiger partial charge in [0.25, 0.3) is 0 Å². The molecule has 0 atom stereocenters. The third kappa shape index (κ3) is 16.3. The molecule has 0 unspecified atom stereocenters. The molecular weight excluding hydrogens is 268 g/mol. The Bertz CT molecular complexity index is 194. The molecule has 2 nitrogen and oxygen atoms in total. The molecule has 2 heteroatoms. The lowest BCUT2D eigenvalue weighted by molar-refractivity contribution is 0.196. The second-order valence-electron chi connectivity index (χ2n) is 6.73. The second kappa shape index (κ2) is 19.0. The summed E-state index contributed by atoms with van der Waals surface area (Å²) in [5.74, 6) is 0. The van der Waals surface area contributed by atoms with Crippen LogP contribution >= 0.6 is 0 Å². The minimum absolute atomic E-state index is 1.12. The first kappa shape index (κ1) is 21.9. The van der Waals surface area contributed by atoms with E-state index >= 15 is 0 Å². The van der Waals surface area contributed by atoms with Crippen molar-refractivity contribution in [3.05, 3.63) is 0 Å². The van der Waals surface area contributed by atoms with E-state index in [9.17, 15) is 0 Å². The normalized spacial score (nSPS) is 11.5. The second-order valence-corrected chi connectivity index (χ2v) is 6.73. The fraction of sp³-hybridized carbons (Fsp3) is 1.00. The summed E-state index contributed by atoms with van der Waals surface area (Å²) in [6.45, 7) is 10.2. The van der Waals surface area contributed by atoms with Crippen LogP contribution in [0.25, 0.3) is 0 Å². The Balaban J connectivity index is 3.08. The van der Waals surface area contributed by atoms with Crippen molar-refractivity contribution in [2.24, 2.45) is 0 Å². The monoisotopic (exact) mass is 312 g/mol. The fourth-order valence-electron chi connectivity index (χ4n) is 3.00. The number of hydrazine groups is 1. The van der Waals surface area contributed by atoms with E-state index in [1.165, 1.54) is 96.4 Å². The largest absolute Gasteiger partial charge is 0.255 e. The van der Waals surface area contributed by atoms with Gasteiger partial charge in [0.1, 0.15) is 0 Å². The van der Waals surface area contributed by atoms with Crippen LogP contribution in [0.1, 0.15) is 111 Å². The summed E-state index contributed by atoms with van der Waals surface area (Å²) in [6, 6.07) is 0. The highest BCUT2D eigenvalue weighted by molar-refractivity contribution is 4.52. The van der Waals surface area contributed by atoms with Gasteiger partial charge in [-0.1, -0.05) is 97.8 Å². The van der Waals surface area contributed by atoms with Crippen molar-refractivity contribution in [1.82, 2.24) is 10.4 Å². The summed E-state index contributed by atoms with van der Waals surface area (Å²) < 4.78 is 0. The van der Waals surface area contributed by atoms with Crippen molar-refractivity contribution in [3.8, 4) is 0 Å². The van der Waals surface area contributed by atoms with E-state index in [-0.39, 0.29) is 0 Å². The van der Waals surface area contributed by atoms with Crippen LogP contribution in [0, 0.1) is 0 Å². The maximum absolute atomic E-state index is 3.54. The van der Waals surface area contributed by atoms with Gasteiger partial charge in [-0.15, -0.1) is 0 Å². The molecule has 0 aromatic heterocycles. The highest BCUT2D eigenvalue weighted by Gasteiger charge is 1.98. The van der Waals surface area contributed by atoms with Crippen molar-refractivity contribution in [3.63, 3.8) is 0 Å². The lowest BCUT2D eigenvalue weighted by Crippen LogP contribution is -2.38. The topological polar surface area (TPSA) is 15.3 Å². The van der Waals surface area contributed by atoms with E-state index in [0.717, 1.165) is 13.1 Å². The van der Waals surface area contributed by atoms with Gasteiger partial charge in [-0.05, 0) is 12.8 Å². The van der Waals surface area contributed by atoms with Gasteiger partial charge in [-0.2, -0.15) is 0 Å². The third-order valence-corrected chi connectivity index (χ3v) is 4.49. The minimum Gasteiger partial charge on any atom is -0.255 e. The predicted molar refractivity (Wildman–Crippen MR) is 101 cm³/mol. The van der Waals surface area contributed by atoms with E-state index in [4.69, 9.17) is 0 Å². The molecule has 0 aliphatic carbocycles.